The second-order valence-electron chi connectivity index (χ2n) is 7.41. The highest BCUT2D eigenvalue weighted by Crippen LogP contribution is 2.22. The molecule has 1 rings (SSSR count). The normalized spacial score (nSPS) is 19.9. The molecule has 0 fully saturated rings. The zero-order chi connectivity index (χ0) is 26.1. The SMILES string of the molecule is C=C/C=C(\C=C/C/C=C/C=N[C@H]1C=C(Cl)C=CC1C=C)OC/C(=C/C=C\C)C(=C)OC(C)C(=O)O. The number of aliphatic carboxylic acids is 1. The molecule has 0 bridgehead atoms. The maximum absolute atomic E-state index is 11.1. The van der Waals surface area contributed by atoms with E-state index in [1.54, 1.807) is 24.4 Å². The molecule has 0 saturated heterocycles. The number of allylic oxidation sites excluding steroid dienone is 11. The van der Waals surface area contributed by atoms with E-state index < -0.39 is 12.1 Å². The molecular weight excluding hydrogens is 462 g/mol. The van der Waals surface area contributed by atoms with Crippen molar-refractivity contribution in [2.24, 2.45) is 10.9 Å². The molecule has 0 heterocycles. The molecule has 35 heavy (non-hydrogen) atoms. The van der Waals surface area contributed by atoms with Crippen LogP contribution in [-0.2, 0) is 14.3 Å². The third kappa shape index (κ3) is 11.9. The van der Waals surface area contributed by atoms with E-state index in [9.17, 15) is 4.79 Å². The minimum Gasteiger partial charge on any atom is -0.489 e. The second-order valence-corrected chi connectivity index (χ2v) is 7.85. The minimum atomic E-state index is -1.07. The van der Waals surface area contributed by atoms with Gasteiger partial charge in [0.15, 0.2) is 6.10 Å². The van der Waals surface area contributed by atoms with E-state index in [2.05, 4.69) is 24.7 Å². The van der Waals surface area contributed by atoms with Gasteiger partial charge in [0.1, 0.15) is 18.1 Å². The molecule has 186 valence electrons. The van der Waals surface area contributed by atoms with Gasteiger partial charge in [0.05, 0.1) is 6.04 Å². The quantitative estimate of drug-likeness (QED) is 0.115. The minimum absolute atomic E-state index is 0.0530. The third-order valence-corrected chi connectivity index (χ3v) is 4.95. The Bertz CT molecular complexity index is 992. The van der Waals surface area contributed by atoms with Crippen LogP contribution in [0, 0.1) is 5.92 Å². The molecule has 1 N–H and O–H groups in total. The van der Waals surface area contributed by atoms with E-state index in [1.165, 1.54) is 6.92 Å². The first kappa shape index (κ1) is 29.5. The van der Waals surface area contributed by atoms with Crippen molar-refractivity contribution < 1.29 is 19.4 Å². The van der Waals surface area contributed by atoms with Crippen molar-refractivity contribution in [1.29, 1.82) is 0 Å². The average molecular weight is 496 g/mol. The highest BCUT2D eigenvalue weighted by atomic mass is 35.5. The van der Waals surface area contributed by atoms with Crippen LogP contribution in [0.3, 0.4) is 0 Å². The lowest BCUT2D eigenvalue weighted by Gasteiger charge is -2.17. The van der Waals surface area contributed by atoms with Gasteiger partial charge in [-0.2, -0.15) is 0 Å². The van der Waals surface area contributed by atoms with Crippen LogP contribution in [0.5, 0.6) is 0 Å². The number of ether oxygens (including phenoxy) is 2. The van der Waals surface area contributed by atoms with Gasteiger partial charge in [0.2, 0.25) is 0 Å². The lowest BCUT2D eigenvalue weighted by molar-refractivity contribution is -0.146. The Kier molecular flexibility index (Phi) is 14.3. The number of rotatable bonds is 15. The number of carbonyl (C=O) groups is 1. The molecular formula is C29H34ClNO4. The largest absolute Gasteiger partial charge is 0.489 e. The van der Waals surface area contributed by atoms with Crippen LogP contribution in [0.25, 0.3) is 0 Å². The number of carboxylic acids is 1. The van der Waals surface area contributed by atoms with Gasteiger partial charge in [-0.1, -0.05) is 73.4 Å². The van der Waals surface area contributed by atoms with Gasteiger partial charge in [-0.3, -0.25) is 4.99 Å². The molecule has 0 aromatic heterocycles. The van der Waals surface area contributed by atoms with Crippen LogP contribution >= 0.6 is 11.6 Å². The Morgan fingerprint density at radius 2 is 2.06 bits per heavy atom. The van der Waals surface area contributed by atoms with Gasteiger partial charge in [-0.05, 0) is 50.6 Å². The molecule has 0 spiro atoms. The Labute approximate surface area is 213 Å². The molecule has 0 radical (unpaired) electrons. The third-order valence-electron chi connectivity index (χ3n) is 4.70. The second kappa shape index (κ2) is 17.0. The number of hydrogen-bond acceptors (Lipinski definition) is 4. The van der Waals surface area contributed by atoms with Gasteiger partial charge in [0, 0.05) is 22.7 Å². The molecule has 0 aliphatic heterocycles. The number of carboxylic acid groups (broad SMARTS) is 1. The van der Waals surface area contributed by atoms with Crippen LogP contribution in [0.4, 0.5) is 0 Å². The summed E-state index contributed by atoms with van der Waals surface area (Å²) < 4.78 is 11.3. The Hall–Kier alpha value is -3.57. The number of aliphatic imine (C=N–C) groups is 1. The molecule has 2 unspecified atom stereocenters. The van der Waals surface area contributed by atoms with Crippen LogP contribution in [0.2, 0.25) is 0 Å². The average Bonchev–Trinajstić information content (AvgIpc) is 2.83. The fourth-order valence-corrected chi connectivity index (χ4v) is 2.96. The van der Waals surface area contributed by atoms with E-state index in [0.29, 0.717) is 22.8 Å². The van der Waals surface area contributed by atoms with Gasteiger partial charge >= 0.3 is 5.97 Å². The van der Waals surface area contributed by atoms with Crippen molar-refractivity contribution in [3.8, 4) is 0 Å². The van der Waals surface area contributed by atoms with Gasteiger partial charge < -0.3 is 14.6 Å². The molecule has 3 atom stereocenters. The molecule has 1 aliphatic rings. The Morgan fingerprint density at radius 1 is 1.29 bits per heavy atom. The highest BCUT2D eigenvalue weighted by molar-refractivity contribution is 6.31. The van der Waals surface area contributed by atoms with Crippen LogP contribution in [0.15, 0.2) is 126 Å². The summed E-state index contributed by atoms with van der Waals surface area (Å²) in [5.74, 6) is -0.103. The molecule has 5 nitrogen and oxygen atoms in total. The summed E-state index contributed by atoms with van der Waals surface area (Å²) in [7, 11) is 0. The first-order chi connectivity index (χ1) is 16.8. The van der Waals surface area contributed by atoms with Gasteiger partial charge in [-0.25, -0.2) is 4.79 Å². The van der Waals surface area contributed by atoms with Crippen molar-refractivity contribution >= 4 is 23.8 Å². The molecule has 0 aromatic carbocycles. The van der Waals surface area contributed by atoms with Crippen molar-refractivity contribution in [2.45, 2.75) is 32.4 Å². The maximum atomic E-state index is 11.1. The molecule has 1 aliphatic carbocycles. The summed E-state index contributed by atoms with van der Waals surface area (Å²) >= 11 is 6.06. The fourth-order valence-electron chi connectivity index (χ4n) is 2.76. The zero-order valence-corrected chi connectivity index (χ0v) is 21.1. The fraction of sp³-hybridized carbons (Fsp3) is 0.241. The van der Waals surface area contributed by atoms with Crippen molar-refractivity contribution in [3.63, 3.8) is 0 Å². The monoisotopic (exact) mass is 495 g/mol. The smallest absolute Gasteiger partial charge is 0.344 e. The van der Waals surface area contributed by atoms with Gasteiger partial charge in [0.25, 0.3) is 0 Å². The lowest BCUT2D eigenvalue weighted by atomic mass is 9.96. The standard InChI is InChI=1S/C29H34ClNO4/c1-6-9-15-25(22(4)35-23(5)29(32)33)21-34-27(14-7-2)16-12-10-11-13-19-31-28-20-26(30)18-17-24(28)8-3/h6-9,11-20,23-24,28H,2-4,10,21H2,1,5H3,(H,32,33)/b9-6-,13-11+,16-12-,25-15-,27-14+,31-19?/t23?,24?,28-/m0/s1. The first-order valence-corrected chi connectivity index (χ1v) is 11.6. The summed E-state index contributed by atoms with van der Waals surface area (Å²) in [5.41, 5.74) is 0.625. The summed E-state index contributed by atoms with van der Waals surface area (Å²) in [6, 6.07) is -0.0530. The summed E-state index contributed by atoms with van der Waals surface area (Å²) in [6.45, 7) is 14.9. The maximum Gasteiger partial charge on any atom is 0.344 e. The molecule has 6 heteroatoms. The number of hydrogen-bond donors (Lipinski definition) is 1. The Morgan fingerprint density at radius 3 is 2.71 bits per heavy atom. The van der Waals surface area contributed by atoms with E-state index in [-0.39, 0.29) is 24.3 Å². The summed E-state index contributed by atoms with van der Waals surface area (Å²) in [6.07, 6.45) is 25.4. The predicted octanol–water partition coefficient (Wildman–Crippen LogP) is 7.02. The van der Waals surface area contributed by atoms with E-state index in [4.69, 9.17) is 26.2 Å². The topological polar surface area (TPSA) is 68.1 Å². The lowest BCUT2D eigenvalue weighted by Crippen LogP contribution is -2.20. The number of nitrogens with zero attached hydrogens (tertiary/aromatic N) is 1. The van der Waals surface area contributed by atoms with Gasteiger partial charge in [-0.15, -0.1) is 6.58 Å². The predicted molar refractivity (Wildman–Crippen MR) is 146 cm³/mol. The van der Waals surface area contributed by atoms with Crippen LogP contribution < -0.4 is 0 Å². The first-order valence-electron chi connectivity index (χ1n) is 11.2. The van der Waals surface area contributed by atoms with Crippen LogP contribution in [0.1, 0.15) is 20.3 Å². The van der Waals surface area contributed by atoms with Crippen molar-refractivity contribution in [1.82, 2.24) is 0 Å². The summed E-state index contributed by atoms with van der Waals surface area (Å²) in [5, 5.41) is 9.74. The molecule has 0 aromatic rings. The number of halogens is 1. The Balaban J connectivity index is 2.68. The molecule has 0 amide bonds. The molecule has 0 saturated carbocycles. The highest BCUT2D eigenvalue weighted by Gasteiger charge is 2.16. The zero-order valence-electron chi connectivity index (χ0n) is 20.3. The van der Waals surface area contributed by atoms with E-state index in [0.717, 1.165) is 0 Å². The van der Waals surface area contributed by atoms with E-state index >= 15 is 0 Å². The van der Waals surface area contributed by atoms with E-state index in [1.807, 2.05) is 67.7 Å². The summed E-state index contributed by atoms with van der Waals surface area (Å²) in [4.78, 5) is 15.6. The van der Waals surface area contributed by atoms with Crippen LogP contribution in [-0.4, -0.2) is 36.0 Å². The van der Waals surface area contributed by atoms with Crippen molar-refractivity contribution in [2.75, 3.05) is 6.61 Å². The van der Waals surface area contributed by atoms with Crippen molar-refractivity contribution in [3.05, 3.63) is 121 Å².